The van der Waals surface area contributed by atoms with Crippen LogP contribution < -0.4 is 11.1 Å². The molecule has 0 aromatic heterocycles. The molecule has 1 aliphatic rings. The van der Waals surface area contributed by atoms with Crippen molar-refractivity contribution in [3.05, 3.63) is 0 Å². The van der Waals surface area contributed by atoms with Gasteiger partial charge in [0.2, 0.25) is 0 Å². The summed E-state index contributed by atoms with van der Waals surface area (Å²) in [5.41, 5.74) is 5.22. The fourth-order valence-electron chi connectivity index (χ4n) is 2.00. The Hall–Kier alpha value is -0.810. The Labute approximate surface area is 91.6 Å². The maximum absolute atomic E-state index is 10.9. The Morgan fingerprint density at radius 1 is 1.40 bits per heavy atom. The van der Waals surface area contributed by atoms with E-state index in [9.17, 15) is 4.79 Å². The largest absolute Gasteiger partial charge is 0.351 e. The summed E-state index contributed by atoms with van der Waals surface area (Å²) in [5, 5.41) is 3.17. The van der Waals surface area contributed by atoms with E-state index < -0.39 is 0 Å². The minimum atomic E-state index is -0.294. The van der Waals surface area contributed by atoms with Crippen molar-refractivity contribution >= 4 is 6.03 Å². The van der Waals surface area contributed by atoms with Crippen molar-refractivity contribution in [2.24, 2.45) is 11.7 Å². The van der Waals surface area contributed by atoms with Gasteiger partial charge in [-0.2, -0.15) is 0 Å². The molecule has 15 heavy (non-hydrogen) atoms. The number of primary amides is 1. The van der Waals surface area contributed by atoms with Gasteiger partial charge < -0.3 is 16.0 Å². The number of hydrogen-bond acceptors (Lipinski definition) is 3. The van der Waals surface area contributed by atoms with Crippen LogP contribution in [0, 0.1) is 5.92 Å². The van der Waals surface area contributed by atoms with Gasteiger partial charge in [-0.05, 0) is 19.5 Å². The van der Waals surface area contributed by atoms with Gasteiger partial charge in [0, 0.05) is 32.7 Å². The lowest BCUT2D eigenvalue weighted by molar-refractivity contribution is 0.134. The molecule has 2 amide bonds. The zero-order valence-electron chi connectivity index (χ0n) is 9.70. The molecule has 1 unspecified atom stereocenters. The first kappa shape index (κ1) is 12.3. The second-order valence-electron chi connectivity index (χ2n) is 4.29. The Kier molecular flexibility index (Phi) is 4.84. The molecule has 88 valence electrons. The first-order valence-corrected chi connectivity index (χ1v) is 5.54. The van der Waals surface area contributed by atoms with Crippen LogP contribution in [0.5, 0.6) is 0 Å². The number of hydrogen-bond donors (Lipinski definition) is 2. The highest BCUT2D eigenvalue weighted by molar-refractivity contribution is 5.72. The van der Waals surface area contributed by atoms with Gasteiger partial charge in [0.05, 0.1) is 0 Å². The van der Waals surface area contributed by atoms with Crippen LogP contribution in [0.2, 0.25) is 0 Å². The fourth-order valence-corrected chi connectivity index (χ4v) is 2.00. The molecule has 1 rings (SSSR count). The Morgan fingerprint density at radius 3 is 2.47 bits per heavy atom. The van der Waals surface area contributed by atoms with Crippen molar-refractivity contribution < 1.29 is 4.79 Å². The van der Waals surface area contributed by atoms with E-state index >= 15 is 0 Å². The zero-order valence-corrected chi connectivity index (χ0v) is 9.70. The maximum Gasteiger partial charge on any atom is 0.314 e. The molecule has 1 atom stereocenters. The Bertz CT molecular complexity index is 202. The number of carbonyl (C=O) groups excluding carboxylic acids is 1. The molecule has 0 radical (unpaired) electrons. The highest BCUT2D eigenvalue weighted by Crippen LogP contribution is 2.04. The van der Waals surface area contributed by atoms with Gasteiger partial charge in [-0.1, -0.05) is 6.92 Å². The van der Waals surface area contributed by atoms with Crippen molar-refractivity contribution in [3.63, 3.8) is 0 Å². The Morgan fingerprint density at radius 2 is 2.00 bits per heavy atom. The predicted molar refractivity (Wildman–Crippen MR) is 60.7 cm³/mol. The number of amides is 2. The molecule has 0 spiro atoms. The molecular weight excluding hydrogens is 192 g/mol. The van der Waals surface area contributed by atoms with E-state index in [1.54, 1.807) is 4.90 Å². The lowest BCUT2D eigenvalue weighted by atomic mass is 10.1. The number of rotatable bonds is 4. The third-order valence-corrected chi connectivity index (χ3v) is 2.81. The van der Waals surface area contributed by atoms with E-state index in [1.807, 2.05) is 7.05 Å². The fraction of sp³-hybridized carbons (Fsp3) is 0.900. The van der Waals surface area contributed by atoms with Crippen LogP contribution in [-0.2, 0) is 0 Å². The molecule has 1 fully saturated rings. The van der Waals surface area contributed by atoms with E-state index in [0.717, 1.165) is 39.3 Å². The second-order valence-corrected chi connectivity index (χ2v) is 4.29. The van der Waals surface area contributed by atoms with Crippen LogP contribution in [0.4, 0.5) is 4.79 Å². The molecular formula is C10H22N4O. The molecule has 0 aromatic carbocycles. The quantitative estimate of drug-likeness (QED) is 0.665. The number of piperazine rings is 1. The molecule has 5 nitrogen and oxygen atoms in total. The van der Waals surface area contributed by atoms with Crippen molar-refractivity contribution in [2.45, 2.75) is 6.92 Å². The molecule has 0 aromatic rings. The molecule has 0 bridgehead atoms. The van der Waals surface area contributed by atoms with Crippen LogP contribution in [0.25, 0.3) is 0 Å². The summed E-state index contributed by atoms with van der Waals surface area (Å²) >= 11 is 0. The van der Waals surface area contributed by atoms with Gasteiger partial charge in [0.15, 0.2) is 0 Å². The third kappa shape index (κ3) is 4.05. The van der Waals surface area contributed by atoms with E-state index in [-0.39, 0.29) is 6.03 Å². The predicted octanol–water partition coefficient (Wildman–Crippen LogP) is -0.462. The average Bonchev–Trinajstić information content (AvgIpc) is 2.18. The first-order valence-electron chi connectivity index (χ1n) is 5.54. The molecule has 0 saturated carbocycles. The number of nitrogens with two attached hydrogens (primary N) is 1. The first-order chi connectivity index (χ1) is 7.13. The molecule has 0 aliphatic carbocycles. The molecule has 1 saturated heterocycles. The van der Waals surface area contributed by atoms with Gasteiger partial charge >= 0.3 is 6.03 Å². The number of nitrogens with zero attached hydrogens (tertiary/aromatic N) is 2. The highest BCUT2D eigenvalue weighted by Gasteiger charge is 2.19. The number of urea groups is 1. The summed E-state index contributed by atoms with van der Waals surface area (Å²) < 4.78 is 0. The molecule has 1 aliphatic heterocycles. The van der Waals surface area contributed by atoms with Crippen molar-refractivity contribution in [1.82, 2.24) is 15.1 Å². The van der Waals surface area contributed by atoms with Crippen LogP contribution in [0.3, 0.4) is 0 Å². The minimum absolute atomic E-state index is 0.294. The maximum atomic E-state index is 10.9. The van der Waals surface area contributed by atoms with Gasteiger partial charge in [0.25, 0.3) is 0 Å². The highest BCUT2D eigenvalue weighted by atomic mass is 16.2. The molecule has 1 heterocycles. The number of nitrogens with one attached hydrogen (secondary N) is 1. The van der Waals surface area contributed by atoms with Crippen molar-refractivity contribution in [2.75, 3.05) is 46.3 Å². The summed E-state index contributed by atoms with van der Waals surface area (Å²) in [5.74, 6) is 0.648. The molecule has 3 N–H and O–H groups in total. The van der Waals surface area contributed by atoms with E-state index in [2.05, 4.69) is 17.1 Å². The lowest BCUT2D eigenvalue weighted by Gasteiger charge is -2.35. The smallest absolute Gasteiger partial charge is 0.314 e. The third-order valence-electron chi connectivity index (χ3n) is 2.81. The van der Waals surface area contributed by atoms with Crippen LogP contribution in [0.1, 0.15) is 6.92 Å². The summed E-state index contributed by atoms with van der Waals surface area (Å²) in [7, 11) is 1.97. The van der Waals surface area contributed by atoms with Crippen LogP contribution >= 0.6 is 0 Å². The summed E-state index contributed by atoms with van der Waals surface area (Å²) in [6.45, 7) is 7.78. The van der Waals surface area contributed by atoms with E-state index in [0.29, 0.717) is 5.92 Å². The van der Waals surface area contributed by atoms with Crippen LogP contribution in [-0.4, -0.2) is 62.1 Å². The lowest BCUT2D eigenvalue weighted by Crippen LogP contribution is -2.51. The van der Waals surface area contributed by atoms with Crippen molar-refractivity contribution in [3.8, 4) is 0 Å². The average molecular weight is 214 g/mol. The standard InChI is InChI=1S/C10H22N4O/c1-9(7-12-2)8-13-3-5-14(6-4-13)10(11)15/h9,12H,3-8H2,1-2H3,(H2,11,15). The topological polar surface area (TPSA) is 61.6 Å². The monoisotopic (exact) mass is 214 g/mol. The van der Waals surface area contributed by atoms with Crippen LogP contribution in [0.15, 0.2) is 0 Å². The minimum Gasteiger partial charge on any atom is -0.351 e. The van der Waals surface area contributed by atoms with Gasteiger partial charge in [-0.15, -0.1) is 0 Å². The van der Waals surface area contributed by atoms with Gasteiger partial charge in [0.1, 0.15) is 0 Å². The van der Waals surface area contributed by atoms with Gasteiger partial charge in [-0.3, -0.25) is 4.90 Å². The number of carbonyl (C=O) groups is 1. The molecule has 5 heteroatoms. The van der Waals surface area contributed by atoms with E-state index in [1.165, 1.54) is 0 Å². The SMILES string of the molecule is CNCC(C)CN1CCN(C(N)=O)CC1. The Balaban J connectivity index is 2.22. The summed E-state index contributed by atoms with van der Waals surface area (Å²) in [6.07, 6.45) is 0. The summed E-state index contributed by atoms with van der Waals surface area (Å²) in [6, 6.07) is -0.294. The van der Waals surface area contributed by atoms with Gasteiger partial charge in [-0.25, -0.2) is 4.79 Å². The summed E-state index contributed by atoms with van der Waals surface area (Å²) in [4.78, 5) is 15.0. The van der Waals surface area contributed by atoms with Crippen molar-refractivity contribution in [1.29, 1.82) is 0 Å². The second kappa shape index (κ2) is 5.92. The normalized spacial score (nSPS) is 20.3. The van der Waals surface area contributed by atoms with E-state index in [4.69, 9.17) is 5.73 Å². The zero-order chi connectivity index (χ0) is 11.3.